The molecule has 0 amide bonds. The average molecular weight is 399 g/mol. The number of thiophene rings is 1. The number of nitro groups is 1. The van der Waals surface area contributed by atoms with Crippen LogP contribution in [0, 0.1) is 24.0 Å². The topological polar surface area (TPSA) is 115 Å². The van der Waals surface area contributed by atoms with Crippen LogP contribution in [0.1, 0.15) is 28.8 Å². The summed E-state index contributed by atoms with van der Waals surface area (Å²) < 4.78 is 5.10. The number of fused-ring (bicyclic) bond motifs is 1. The van der Waals surface area contributed by atoms with Gasteiger partial charge in [0.25, 0.3) is 11.2 Å². The average Bonchev–Trinajstić information content (AvgIpc) is 2.94. The van der Waals surface area contributed by atoms with Crippen LogP contribution in [0.15, 0.2) is 29.1 Å². The van der Waals surface area contributed by atoms with Crippen LogP contribution in [-0.4, -0.2) is 27.5 Å². The molecule has 0 saturated carbocycles. The summed E-state index contributed by atoms with van der Waals surface area (Å²) in [6.07, 6.45) is 1.49. The van der Waals surface area contributed by atoms with Crippen LogP contribution in [0.25, 0.3) is 21.9 Å². The Morgan fingerprint density at radius 3 is 2.61 bits per heavy atom. The van der Waals surface area contributed by atoms with E-state index >= 15 is 0 Å². The normalized spacial score (nSPS) is 11.6. The zero-order chi connectivity index (χ0) is 20.4. The summed E-state index contributed by atoms with van der Waals surface area (Å²) in [5.74, 6) is -0.552. The molecule has 144 valence electrons. The Labute approximate surface area is 163 Å². The number of nitro benzene ring substituents is 1. The number of esters is 1. The predicted octanol–water partition coefficient (Wildman–Crippen LogP) is 3.61. The van der Waals surface area contributed by atoms with Crippen molar-refractivity contribution in [3.63, 3.8) is 0 Å². The molecule has 0 fully saturated rings. The van der Waals surface area contributed by atoms with Gasteiger partial charge >= 0.3 is 5.97 Å². The quantitative estimate of drug-likeness (QED) is 0.303. The third-order valence-electron chi connectivity index (χ3n) is 4.20. The molecule has 1 aromatic carbocycles. The van der Waals surface area contributed by atoms with E-state index in [1.807, 2.05) is 13.8 Å². The lowest BCUT2D eigenvalue weighted by molar-refractivity contribution is -0.384. The number of nitrogens with one attached hydrogen (secondary N) is 1. The first-order valence-corrected chi connectivity index (χ1v) is 9.27. The molecule has 28 heavy (non-hydrogen) atoms. The van der Waals surface area contributed by atoms with Crippen LogP contribution in [0.3, 0.4) is 0 Å². The highest BCUT2D eigenvalue weighted by molar-refractivity contribution is 7.18. The number of aryl methyl sites for hydroxylation is 2. The molecule has 0 saturated heterocycles. The van der Waals surface area contributed by atoms with E-state index in [4.69, 9.17) is 4.74 Å². The number of carbonyl (C=O) groups is 1. The molecule has 0 bridgehead atoms. The van der Waals surface area contributed by atoms with Crippen LogP contribution in [-0.2, 0) is 9.53 Å². The van der Waals surface area contributed by atoms with E-state index in [-0.39, 0.29) is 29.3 Å². The van der Waals surface area contributed by atoms with Crippen LogP contribution in [0.2, 0.25) is 0 Å². The molecule has 1 N–H and O–H groups in total. The number of hydrogen-bond acceptors (Lipinski definition) is 7. The minimum atomic E-state index is -0.645. The smallest absolute Gasteiger partial charge is 0.341 e. The SMILES string of the molecule is CCOC(=O)C(=Cc1ccc([N+](=O)[O-])cc1)c1nc2sc(C)c(C)c2c(=O)[nH]1. The Kier molecular flexibility index (Phi) is 5.36. The van der Waals surface area contributed by atoms with Crippen LogP contribution >= 0.6 is 11.3 Å². The first kappa shape index (κ1) is 19.4. The monoisotopic (exact) mass is 399 g/mol. The molecule has 0 atom stereocenters. The van der Waals surface area contributed by atoms with Crippen molar-refractivity contribution in [1.29, 1.82) is 0 Å². The molecular formula is C19H17N3O5S. The van der Waals surface area contributed by atoms with E-state index in [9.17, 15) is 19.7 Å². The fourth-order valence-electron chi connectivity index (χ4n) is 2.67. The van der Waals surface area contributed by atoms with Gasteiger partial charge in [0.05, 0.1) is 16.9 Å². The second kappa shape index (κ2) is 7.73. The lowest BCUT2D eigenvalue weighted by atomic mass is 10.1. The first-order chi connectivity index (χ1) is 13.3. The number of carbonyl (C=O) groups excluding carboxylic acids is 1. The first-order valence-electron chi connectivity index (χ1n) is 8.45. The summed E-state index contributed by atoms with van der Waals surface area (Å²) in [5.41, 5.74) is 1.07. The maximum Gasteiger partial charge on any atom is 0.341 e. The minimum absolute atomic E-state index is 0.0627. The zero-order valence-corrected chi connectivity index (χ0v) is 16.3. The Balaban J connectivity index is 2.15. The number of nitrogens with zero attached hydrogens (tertiary/aromatic N) is 2. The second-order valence-corrected chi connectivity index (χ2v) is 7.21. The van der Waals surface area contributed by atoms with Gasteiger partial charge in [-0.15, -0.1) is 11.3 Å². The van der Waals surface area contributed by atoms with Crippen LogP contribution in [0.4, 0.5) is 5.69 Å². The van der Waals surface area contributed by atoms with Gasteiger partial charge in [-0.2, -0.15) is 0 Å². The van der Waals surface area contributed by atoms with E-state index in [2.05, 4.69) is 9.97 Å². The van der Waals surface area contributed by atoms with Crippen molar-refractivity contribution in [2.75, 3.05) is 6.61 Å². The molecule has 0 aliphatic heterocycles. The Morgan fingerprint density at radius 2 is 2.00 bits per heavy atom. The molecule has 8 nitrogen and oxygen atoms in total. The number of H-pyrrole nitrogens is 1. The van der Waals surface area contributed by atoms with Crippen molar-refractivity contribution >= 4 is 44.9 Å². The van der Waals surface area contributed by atoms with E-state index in [1.165, 1.54) is 41.7 Å². The van der Waals surface area contributed by atoms with Gasteiger partial charge in [-0.3, -0.25) is 14.9 Å². The van der Waals surface area contributed by atoms with Crippen molar-refractivity contribution in [1.82, 2.24) is 9.97 Å². The number of benzene rings is 1. The number of aromatic nitrogens is 2. The van der Waals surface area contributed by atoms with Gasteiger partial charge in [-0.25, -0.2) is 9.78 Å². The third kappa shape index (κ3) is 3.70. The van der Waals surface area contributed by atoms with E-state index in [0.29, 0.717) is 15.8 Å². The highest BCUT2D eigenvalue weighted by Crippen LogP contribution is 2.27. The van der Waals surface area contributed by atoms with Crippen molar-refractivity contribution in [2.24, 2.45) is 0 Å². The largest absolute Gasteiger partial charge is 0.462 e. The molecule has 3 rings (SSSR count). The van der Waals surface area contributed by atoms with E-state index < -0.39 is 10.9 Å². The van der Waals surface area contributed by atoms with Crippen molar-refractivity contribution in [3.05, 3.63) is 66.6 Å². The molecule has 0 aliphatic rings. The van der Waals surface area contributed by atoms with Gasteiger partial charge < -0.3 is 9.72 Å². The molecule has 2 heterocycles. The highest BCUT2D eigenvalue weighted by Gasteiger charge is 2.19. The highest BCUT2D eigenvalue weighted by atomic mass is 32.1. The summed E-state index contributed by atoms with van der Waals surface area (Å²) in [6.45, 7) is 5.58. The van der Waals surface area contributed by atoms with Gasteiger partial charge in [-0.1, -0.05) is 0 Å². The zero-order valence-electron chi connectivity index (χ0n) is 15.4. The lowest BCUT2D eigenvalue weighted by Gasteiger charge is -2.07. The summed E-state index contributed by atoms with van der Waals surface area (Å²) in [5, 5.41) is 11.3. The standard InChI is InChI=1S/C19H17N3O5S/c1-4-27-19(24)14(9-12-5-7-13(8-6-12)22(25)26)16-20-17(23)15-10(2)11(3)28-18(15)21-16/h5-9H,4H2,1-3H3,(H,20,21,23). The van der Waals surface area contributed by atoms with Gasteiger partial charge in [0.1, 0.15) is 16.2 Å². The predicted molar refractivity (Wildman–Crippen MR) is 107 cm³/mol. The van der Waals surface area contributed by atoms with Gasteiger partial charge in [0.2, 0.25) is 0 Å². The molecule has 0 unspecified atom stereocenters. The lowest BCUT2D eigenvalue weighted by Crippen LogP contribution is -2.15. The molecule has 0 radical (unpaired) electrons. The molecule has 9 heteroatoms. The van der Waals surface area contributed by atoms with Gasteiger partial charge in [-0.05, 0) is 50.1 Å². The molecule has 3 aromatic rings. The molecule has 2 aromatic heterocycles. The fraction of sp³-hybridized carbons (Fsp3) is 0.211. The number of hydrogen-bond donors (Lipinski definition) is 1. The number of non-ortho nitro benzene ring substituents is 1. The van der Waals surface area contributed by atoms with Crippen molar-refractivity contribution in [2.45, 2.75) is 20.8 Å². The molecule has 0 aliphatic carbocycles. The minimum Gasteiger partial charge on any atom is -0.462 e. The summed E-state index contributed by atoms with van der Waals surface area (Å²) >= 11 is 1.38. The van der Waals surface area contributed by atoms with Gasteiger partial charge in [0.15, 0.2) is 0 Å². The summed E-state index contributed by atoms with van der Waals surface area (Å²) in [6, 6.07) is 5.68. The fourth-order valence-corrected chi connectivity index (χ4v) is 3.70. The number of ether oxygens (including phenoxy) is 1. The second-order valence-electron chi connectivity index (χ2n) is 6.01. The van der Waals surface area contributed by atoms with Gasteiger partial charge in [0, 0.05) is 17.0 Å². The summed E-state index contributed by atoms with van der Waals surface area (Å²) in [7, 11) is 0. The summed E-state index contributed by atoms with van der Waals surface area (Å²) in [4.78, 5) is 43.9. The Hall–Kier alpha value is -3.33. The molecule has 0 spiro atoms. The van der Waals surface area contributed by atoms with Crippen molar-refractivity contribution < 1.29 is 14.5 Å². The maximum atomic E-state index is 12.5. The third-order valence-corrected chi connectivity index (χ3v) is 5.31. The number of aromatic amines is 1. The van der Waals surface area contributed by atoms with Crippen LogP contribution < -0.4 is 5.56 Å². The molecular weight excluding hydrogens is 382 g/mol. The van der Waals surface area contributed by atoms with E-state index in [0.717, 1.165) is 10.4 Å². The van der Waals surface area contributed by atoms with Crippen LogP contribution in [0.5, 0.6) is 0 Å². The Bertz CT molecular complexity index is 1160. The maximum absolute atomic E-state index is 12.5. The van der Waals surface area contributed by atoms with E-state index in [1.54, 1.807) is 6.92 Å². The Morgan fingerprint density at radius 1 is 1.32 bits per heavy atom. The van der Waals surface area contributed by atoms with Crippen molar-refractivity contribution in [3.8, 4) is 0 Å². The number of rotatable bonds is 5.